The molecule has 0 radical (unpaired) electrons. The summed E-state index contributed by atoms with van der Waals surface area (Å²) in [4.78, 5) is 11.7. The van der Waals surface area contributed by atoms with Crippen LogP contribution in [0.25, 0.3) is 22.3 Å². The van der Waals surface area contributed by atoms with E-state index in [1.54, 1.807) is 19.4 Å². The highest BCUT2D eigenvalue weighted by Crippen LogP contribution is 2.32. The van der Waals surface area contributed by atoms with E-state index in [1.165, 1.54) is 21.4 Å². The van der Waals surface area contributed by atoms with Gasteiger partial charge in [-0.25, -0.2) is 18.4 Å². The van der Waals surface area contributed by atoms with Gasteiger partial charge in [0.05, 0.1) is 30.4 Å². The van der Waals surface area contributed by atoms with Crippen LogP contribution in [0.4, 0.5) is 0 Å². The first-order valence-corrected chi connectivity index (χ1v) is 12.6. The molecular formula is C22H25N9O2S. The highest BCUT2D eigenvalue weighted by molar-refractivity contribution is 7.89. The monoisotopic (exact) mass is 479 g/mol. The molecular weight excluding hydrogens is 454 g/mol. The molecule has 4 aromatic heterocycles. The maximum Gasteiger partial charge on any atom is 0.262 e. The number of rotatable bonds is 7. The second-order valence-electron chi connectivity index (χ2n) is 8.60. The van der Waals surface area contributed by atoms with Gasteiger partial charge in [-0.2, -0.15) is 19.8 Å². The van der Waals surface area contributed by atoms with Crippen molar-refractivity contribution >= 4 is 21.1 Å². The molecule has 4 aromatic rings. The van der Waals surface area contributed by atoms with Crippen molar-refractivity contribution in [2.75, 3.05) is 13.1 Å². The molecule has 5 heterocycles. The van der Waals surface area contributed by atoms with Crippen molar-refractivity contribution in [3.8, 4) is 17.3 Å². The van der Waals surface area contributed by atoms with Gasteiger partial charge in [0.2, 0.25) is 0 Å². The van der Waals surface area contributed by atoms with E-state index >= 15 is 0 Å². The lowest BCUT2D eigenvalue weighted by molar-refractivity contribution is 0.232. The molecule has 0 saturated carbocycles. The average Bonchev–Trinajstić information content (AvgIpc) is 3.59. The van der Waals surface area contributed by atoms with Crippen molar-refractivity contribution < 1.29 is 8.42 Å². The van der Waals surface area contributed by atoms with Gasteiger partial charge < -0.3 is 4.98 Å². The standard InChI is InChI=1S/C22H25N9O2S/c1-29-9-6-20(28-29)34(32,33)30-10-4-16(5-11-30)12-18(2-7-23)31-14-17(13-27-31)21-19-3-8-24-22(19)26-15-25-21/h3,6,8-9,13-16,18H,2,4-5,10-12H2,1H3,(H,24,25,26). The smallest absolute Gasteiger partial charge is 0.262 e. The molecule has 1 aliphatic rings. The first-order chi connectivity index (χ1) is 16.5. The number of H-pyrrole nitrogens is 1. The molecule has 1 N–H and O–H groups in total. The highest BCUT2D eigenvalue weighted by Gasteiger charge is 2.32. The Kier molecular flexibility index (Phi) is 5.89. The molecule has 0 spiro atoms. The molecule has 34 heavy (non-hydrogen) atoms. The summed E-state index contributed by atoms with van der Waals surface area (Å²) in [5.74, 6) is 0.302. The van der Waals surface area contributed by atoms with Crippen molar-refractivity contribution in [3.05, 3.63) is 43.2 Å². The van der Waals surface area contributed by atoms with Gasteiger partial charge in [-0.15, -0.1) is 0 Å². The molecule has 1 atom stereocenters. The Morgan fingerprint density at radius 2 is 2.09 bits per heavy atom. The molecule has 0 aromatic carbocycles. The van der Waals surface area contributed by atoms with E-state index in [2.05, 4.69) is 31.2 Å². The fraction of sp³-hybridized carbons (Fsp3) is 0.409. The Morgan fingerprint density at radius 3 is 2.82 bits per heavy atom. The molecule has 0 bridgehead atoms. The minimum Gasteiger partial charge on any atom is -0.346 e. The molecule has 5 rings (SSSR count). The van der Waals surface area contributed by atoms with Crippen LogP contribution in [-0.4, -0.2) is 60.3 Å². The van der Waals surface area contributed by atoms with E-state index < -0.39 is 10.0 Å². The van der Waals surface area contributed by atoms with E-state index in [0.29, 0.717) is 25.4 Å². The summed E-state index contributed by atoms with van der Waals surface area (Å²) in [7, 11) is -1.88. The minimum absolute atomic E-state index is 0.0844. The number of nitriles is 1. The maximum absolute atomic E-state index is 12.8. The molecule has 1 aliphatic heterocycles. The first-order valence-electron chi connectivity index (χ1n) is 11.1. The van der Waals surface area contributed by atoms with Gasteiger partial charge in [0.15, 0.2) is 5.03 Å². The summed E-state index contributed by atoms with van der Waals surface area (Å²) in [6.45, 7) is 0.888. The number of hydrogen-bond acceptors (Lipinski definition) is 7. The summed E-state index contributed by atoms with van der Waals surface area (Å²) in [5, 5.41) is 19.0. The van der Waals surface area contributed by atoms with Crippen molar-refractivity contribution in [1.29, 1.82) is 5.26 Å². The van der Waals surface area contributed by atoms with Crippen LogP contribution >= 0.6 is 0 Å². The zero-order chi connectivity index (χ0) is 23.7. The number of aromatic amines is 1. The summed E-state index contributed by atoms with van der Waals surface area (Å²) in [6.07, 6.45) is 11.2. The fourth-order valence-electron chi connectivity index (χ4n) is 4.59. The van der Waals surface area contributed by atoms with Gasteiger partial charge in [-0.05, 0) is 37.3 Å². The Balaban J connectivity index is 1.28. The van der Waals surface area contributed by atoms with Crippen LogP contribution in [0.5, 0.6) is 0 Å². The van der Waals surface area contributed by atoms with Gasteiger partial charge in [0, 0.05) is 49.7 Å². The van der Waals surface area contributed by atoms with Gasteiger partial charge >= 0.3 is 0 Å². The van der Waals surface area contributed by atoms with E-state index in [4.69, 9.17) is 0 Å². The summed E-state index contributed by atoms with van der Waals surface area (Å²) < 4.78 is 30.5. The Bertz CT molecular complexity index is 1440. The third-order valence-corrected chi connectivity index (χ3v) is 8.19. The second kappa shape index (κ2) is 9.00. The van der Waals surface area contributed by atoms with Gasteiger partial charge in [-0.1, -0.05) is 0 Å². The van der Waals surface area contributed by atoms with Gasteiger partial charge in [-0.3, -0.25) is 9.36 Å². The van der Waals surface area contributed by atoms with Gasteiger partial charge in [0.25, 0.3) is 10.0 Å². The molecule has 1 unspecified atom stereocenters. The van der Waals surface area contributed by atoms with Crippen LogP contribution in [0.15, 0.2) is 48.3 Å². The summed E-state index contributed by atoms with van der Waals surface area (Å²) >= 11 is 0. The van der Waals surface area contributed by atoms with Crippen LogP contribution < -0.4 is 0 Å². The molecule has 0 amide bonds. The van der Waals surface area contributed by atoms with Gasteiger partial charge in [0.1, 0.15) is 12.0 Å². The zero-order valence-corrected chi connectivity index (χ0v) is 19.6. The fourth-order valence-corrected chi connectivity index (χ4v) is 6.01. The number of piperidine rings is 1. The Hall–Kier alpha value is -3.56. The Labute approximate surface area is 197 Å². The normalized spacial score (nSPS) is 16.6. The minimum atomic E-state index is -3.58. The number of hydrogen-bond donors (Lipinski definition) is 1. The number of sulfonamides is 1. The largest absolute Gasteiger partial charge is 0.346 e. The Morgan fingerprint density at radius 1 is 1.26 bits per heavy atom. The highest BCUT2D eigenvalue weighted by atomic mass is 32.2. The topological polar surface area (TPSA) is 138 Å². The van der Waals surface area contributed by atoms with E-state index in [0.717, 1.165) is 41.6 Å². The van der Waals surface area contributed by atoms with Crippen LogP contribution in [0.2, 0.25) is 0 Å². The molecule has 0 aliphatic carbocycles. The average molecular weight is 480 g/mol. The van der Waals surface area contributed by atoms with Crippen LogP contribution in [0.1, 0.15) is 31.7 Å². The number of nitrogens with one attached hydrogen (secondary N) is 1. The number of fused-ring (bicyclic) bond motifs is 1. The van der Waals surface area contributed by atoms with Crippen LogP contribution in [0.3, 0.4) is 0 Å². The lowest BCUT2D eigenvalue weighted by Crippen LogP contribution is -2.39. The number of aryl methyl sites for hydroxylation is 1. The van der Waals surface area contributed by atoms with Crippen molar-refractivity contribution in [1.82, 2.24) is 38.8 Å². The predicted octanol–water partition coefficient (Wildman–Crippen LogP) is 2.50. The lowest BCUT2D eigenvalue weighted by atomic mass is 9.90. The first kappa shape index (κ1) is 22.2. The van der Waals surface area contributed by atoms with Crippen LogP contribution in [0, 0.1) is 17.2 Å². The third kappa shape index (κ3) is 4.20. The van der Waals surface area contributed by atoms with E-state index in [9.17, 15) is 13.7 Å². The molecule has 11 nitrogen and oxygen atoms in total. The number of aromatic nitrogens is 7. The van der Waals surface area contributed by atoms with E-state index in [1.807, 2.05) is 23.1 Å². The number of nitrogens with zero attached hydrogens (tertiary/aromatic N) is 8. The van der Waals surface area contributed by atoms with Crippen LogP contribution in [-0.2, 0) is 17.1 Å². The van der Waals surface area contributed by atoms with Crippen molar-refractivity contribution in [2.24, 2.45) is 13.0 Å². The SMILES string of the molecule is Cn1ccc(S(=O)(=O)N2CCC(CC(CC#N)n3cc(-c4ncnc5[nH]ccc45)cn3)CC2)n1. The third-order valence-electron chi connectivity index (χ3n) is 6.40. The summed E-state index contributed by atoms with van der Waals surface area (Å²) in [6, 6.07) is 5.65. The van der Waals surface area contributed by atoms with E-state index in [-0.39, 0.29) is 11.1 Å². The quantitative estimate of drug-likeness (QED) is 0.430. The second-order valence-corrected chi connectivity index (χ2v) is 10.5. The van der Waals surface area contributed by atoms with Crippen molar-refractivity contribution in [3.63, 3.8) is 0 Å². The molecule has 1 fully saturated rings. The predicted molar refractivity (Wildman–Crippen MR) is 124 cm³/mol. The summed E-state index contributed by atoms with van der Waals surface area (Å²) in [5.41, 5.74) is 2.42. The zero-order valence-electron chi connectivity index (χ0n) is 18.7. The molecule has 1 saturated heterocycles. The maximum atomic E-state index is 12.8. The molecule has 176 valence electrons. The lowest BCUT2D eigenvalue weighted by Gasteiger charge is -2.32. The van der Waals surface area contributed by atoms with Crippen molar-refractivity contribution in [2.45, 2.75) is 36.8 Å². The molecule has 12 heteroatoms.